The third kappa shape index (κ3) is 1.83. The summed E-state index contributed by atoms with van der Waals surface area (Å²) in [6, 6.07) is 5.85. The van der Waals surface area contributed by atoms with Crippen LogP contribution in [0.2, 0.25) is 10.0 Å². The zero-order valence-electron chi connectivity index (χ0n) is 7.19. The van der Waals surface area contributed by atoms with Gasteiger partial charge in [-0.05, 0) is 30.5 Å². The summed E-state index contributed by atoms with van der Waals surface area (Å²) in [6.07, 6.45) is 1.15. The summed E-state index contributed by atoms with van der Waals surface area (Å²) in [6.45, 7) is 2.09. The molecule has 3 heteroatoms. The normalized spacial score (nSPS) is 22.2. The van der Waals surface area contributed by atoms with Crippen molar-refractivity contribution in [3.8, 4) is 0 Å². The lowest BCUT2D eigenvalue weighted by atomic mass is 9.98. The highest BCUT2D eigenvalue weighted by molar-refractivity contribution is 6.42. The van der Waals surface area contributed by atoms with Crippen molar-refractivity contribution in [1.29, 1.82) is 0 Å². The number of hydrogen-bond acceptors (Lipinski definition) is 1. The monoisotopic (exact) mass is 215 g/mol. The predicted molar refractivity (Wildman–Crippen MR) is 56.7 cm³/mol. The van der Waals surface area contributed by atoms with E-state index in [1.807, 2.05) is 12.1 Å². The molecular formula is C10H11Cl2N. The third-order valence-electron chi connectivity index (χ3n) is 2.48. The fourth-order valence-corrected chi connectivity index (χ4v) is 2.22. The van der Waals surface area contributed by atoms with Crippen molar-refractivity contribution < 1.29 is 0 Å². The molecule has 1 aliphatic rings. The van der Waals surface area contributed by atoms with Gasteiger partial charge in [-0.1, -0.05) is 35.3 Å². The molecule has 70 valence electrons. The molecule has 1 nitrogen and oxygen atoms in total. The molecule has 13 heavy (non-hydrogen) atoms. The lowest BCUT2D eigenvalue weighted by molar-refractivity contribution is 0.764. The van der Waals surface area contributed by atoms with Crippen molar-refractivity contribution in [2.24, 2.45) is 0 Å². The van der Waals surface area contributed by atoms with Gasteiger partial charge in [0, 0.05) is 6.54 Å². The van der Waals surface area contributed by atoms with E-state index in [1.165, 1.54) is 5.56 Å². The van der Waals surface area contributed by atoms with E-state index < -0.39 is 0 Å². The third-order valence-corrected chi connectivity index (χ3v) is 3.32. The molecule has 1 N–H and O–H groups in total. The minimum atomic E-state index is 0.534. The standard InChI is InChI=1S/C10H11Cl2N/c11-9-3-1-2-8(10(9)12)7-4-5-13-6-7/h1-3,7,13H,4-6H2. The fourth-order valence-electron chi connectivity index (χ4n) is 1.76. The van der Waals surface area contributed by atoms with Gasteiger partial charge in [0.05, 0.1) is 10.0 Å². The van der Waals surface area contributed by atoms with Crippen LogP contribution in [0.15, 0.2) is 18.2 Å². The van der Waals surface area contributed by atoms with Crippen LogP contribution in [0.25, 0.3) is 0 Å². The highest BCUT2D eigenvalue weighted by Gasteiger charge is 2.19. The SMILES string of the molecule is Clc1cccc(C2CCNC2)c1Cl. The van der Waals surface area contributed by atoms with E-state index in [9.17, 15) is 0 Å². The van der Waals surface area contributed by atoms with Gasteiger partial charge < -0.3 is 5.32 Å². The van der Waals surface area contributed by atoms with Gasteiger partial charge in [-0.3, -0.25) is 0 Å². The second-order valence-corrected chi connectivity index (χ2v) is 4.12. The van der Waals surface area contributed by atoms with Crippen LogP contribution in [0.5, 0.6) is 0 Å². The lowest BCUT2D eigenvalue weighted by Crippen LogP contribution is -2.08. The molecule has 0 bridgehead atoms. The average Bonchev–Trinajstić information content (AvgIpc) is 2.62. The van der Waals surface area contributed by atoms with Gasteiger partial charge in [-0.15, -0.1) is 0 Å². The maximum atomic E-state index is 6.11. The lowest BCUT2D eigenvalue weighted by Gasteiger charge is -2.11. The number of nitrogens with one attached hydrogen (secondary N) is 1. The molecule has 1 aromatic rings. The van der Waals surface area contributed by atoms with Crippen molar-refractivity contribution >= 4 is 23.2 Å². The van der Waals surface area contributed by atoms with Crippen LogP contribution < -0.4 is 5.32 Å². The van der Waals surface area contributed by atoms with Gasteiger partial charge >= 0.3 is 0 Å². The molecule has 1 saturated heterocycles. The van der Waals surface area contributed by atoms with Gasteiger partial charge in [0.15, 0.2) is 0 Å². The summed E-state index contributed by atoms with van der Waals surface area (Å²) in [5.74, 6) is 0.534. The minimum Gasteiger partial charge on any atom is -0.316 e. The Morgan fingerprint density at radius 1 is 1.31 bits per heavy atom. The molecule has 1 aliphatic heterocycles. The van der Waals surface area contributed by atoms with Gasteiger partial charge in [-0.25, -0.2) is 0 Å². The molecule has 1 fully saturated rings. The molecule has 0 radical (unpaired) electrons. The molecule has 0 aromatic heterocycles. The van der Waals surface area contributed by atoms with E-state index in [0.717, 1.165) is 24.5 Å². The topological polar surface area (TPSA) is 12.0 Å². The predicted octanol–water partition coefficient (Wildman–Crippen LogP) is 3.07. The average molecular weight is 216 g/mol. The van der Waals surface area contributed by atoms with Gasteiger partial charge in [0.25, 0.3) is 0 Å². The van der Waals surface area contributed by atoms with Gasteiger partial charge in [-0.2, -0.15) is 0 Å². The Morgan fingerprint density at radius 2 is 2.15 bits per heavy atom. The zero-order valence-corrected chi connectivity index (χ0v) is 8.70. The Hall–Kier alpha value is -0.240. The zero-order chi connectivity index (χ0) is 9.26. The molecule has 1 aromatic carbocycles. The molecule has 1 atom stereocenters. The van der Waals surface area contributed by atoms with Crippen LogP contribution in [0, 0.1) is 0 Å². The number of rotatable bonds is 1. The quantitative estimate of drug-likeness (QED) is 0.760. The van der Waals surface area contributed by atoms with Crippen LogP contribution in [-0.4, -0.2) is 13.1 Å². The first-order valence-corrected chi connectivity index (χ1v) is 5.19. The number of halogens is 2. The van der Waals surface area contributed by atoms with Crippen molar-refractivity contribution in [2.75, 3.05) is 13.1 Å². The van der Waals surface area contributed by atoms with Gasteiger partial charge in [0.1, 0.15) is 0 Å². The molecule has 0 aliphatic carbocycles. The van der Waals surface area contributed by atoms with Crippen LogP contribution in [-0.2, 0) is 0 Å². The largest absolute Gasteiger partial charge is 0.316 e. The first-order chi connectivity index (χ1) is 6.29. The van der Waals surface area contributed by atoms with E-state index in [-0.39, 0.29) is 0 Å². The molecule has 1 unspecified atom stereocenters. The molecule has 1 heterocycles. The summed E-state index contributed by atoms with van der Waals surface area (Å²) >= 11 is 12.1. The number of hydrogen-bond donors (Lipinski definition) is 1. The van der Waals surface area contributed by atoms with Crippen LogP contribution in [0.4, 0.5) is 0 Å². The summed E-state index contributed by atoms with van der Waals surface area (Å²) < 4.78 is 0. The first kappa shape index (κ1) is 9.32. The molecule has 0 amide bonds. The Bertz CT molecular complexity index is 306. The maximum absolute atomic E-state index is 6.11. The molecular weight excluding hydrogens is 205 g/mol. The van der Waals surface area contributed by atoms with Crippen LogP contribution >= 0.6 is 23.2 Å². The Balaban J connectivity index is 2.33. The van der Waals surface area contributed by atoms with E-state index in [1.54, 1.807) is 0 Å². The smallest absolute Gasteiger partial charge is 0.0627 e. The molecule has 0 saturated carbocycles. The fraction of sp³-hybridized carbons (Fsp3) is 0.400. The highest BCUT2D eigenvalue weighted by atomic mass is 35.5. The second-order valence-electron chi connectivity index (χ2n) is 3.33. The van der Waals surface area contributed by atoms with Crippen LogP contribution in [0.3, 0.4) is 0 Å². The van der Waals surface area contributed by atoms with Crippen molar-refractivity contribution in [3.05, 3.63) is 33.8 Å². The second kappa shape index (κ2) is 3.87. The first-order valence-electron chi connectivity index (χ1n) is 4.43. The Morgan fingerprint density at radius 3 is 2.85 bits per heavy atom. The van der Waals surface area contributed by atoms with E-state index in [0.29, 0.717) is 10.9 Å². The summed E-state index contributed by atoms with van der Waals surface area (Å²) in [4.78, 5) is 0. The van der Waals surface area contributed by atoms with Crippen molar-refractivity contribution in [1.82, 2.24) is 5.32 Å². The summed E-state index contributed by atoms with van der Waals surface area (Å²) in [5, 5.41) is 4.69. The summed E-state index contributed by atoms with van der Waals surface area (Å²) in [5.41, 5.74) is 1.18. The summed E-state index contributed by atoms with van der Waals surface area (Å²) in [7, 11) is 0. The number of benzene rings is 1. The highest BCUT2D eigenvalue weighted by Crippen LogP contribution is 2.33. The van der Waals surface area contributed by atoms with Crippen LogP contribution in [0.1, 0.15) is 17.9 Å². The maximum Gasteiger partial charge on any atom is 0.0627 e. The minimum absolute atomic E-state index is 0.534. The van der Waals surface area contributed by atoms with Crippen molar-refractivity contribution in [2.45, 2.75) is 12.3 Å². The van der Waals surface area contributed by atoms with E-state index in [4.69, 9.17) is 23.2 Å². The van der Waals surface area contributed by atoms with E-state index in [2.05, 4.69) is 11.4 Å². The Kier molecular flexibility index (Phi) is 2.77. The molecule has 0 spiro atoms. The molecule has 2 rings (SSSR count). The van der Waals surface area contributed by atoms with Gasteiger partial charge in [0.2, 0.25) is 0 Å². The van der Waals surface area contributed by atoms with E-state index >= 15 is 0 Å². The Labute approximate surface area is 88.0 Å². The van der Waals surface area contributed by atoms with Crippen molar-refractivity contribution in [3.63, 3.8) is 0 Å².